The molecule has 1 aromatic rings. The van der Waals surface area contributed by atoms with E-state index in [-0.39, 0.29) is 0 Å². The van der Waals surface area contributed by atoms with Crippen molar-refractivity contribution in [2.75, 3.05) is 26.3 Å². The average molecular weight is 231 g/mol. The van der Waals surface area contributed by atoms with Crippen molar-refractivity contribution in [1.29, 1.82) is 0 Å². The van der Waals surface area contributed by atoms with Gasteiger partial charge in [-0.15, -0.1) is 0 Å². The van der Waals surface area contributed by atoms with E-state index in [1.807, 2.05) is 0 Å². The predicted octanol–water partition coefficient (Wildman–Crippen LogP) is 2.66. The van der Waals surface area contributed by atoms with Crippen LogP contribution in [0.1, 0.15) is 42.2 Å². The van der Waals surface area contributed by atoms with Crippen LogP contribution < -0.4 is 5.32 Å². The second-order valence-electron chi connectivity index (χ2n) is 5.27. The third-order valence-electron chi connectivity index (χ3n) is 4.11. The summed E-state index contributed by atoms with van der Waals surface area (Å²) in [5.74, 6) is 1.35. The van der Waals surface area contributed by atoms with E-state index in [1.54, 1.807) is 0 Å². The van der Waals surface area contributed by atoms with Crippen molar-refractivity contribution in [3.05, 3.63) is 35.4 Å². The number of piperidine rings is 1. The zero-order valence-electron chi connectivity index (χ0n) is 10.3. The number of hydrogen-bond acceptors (Lipinski definition) is 2. The first kappa shape index (κ1) is 11.2. The molecule has 92 valence electrons. The summed E-state index contributed by atoms with van der Waals surface area (Å²) in [5, 5.41) is 3.48. The predicted molar refractivity (Wildman–Crippen MR) is 69.5 cm³/mol. The normalized spacial score (nSPS) is 29.4. The molecule has 2 nitrogen and oxygen atoms in total. The second-order valence-corrected chi connectivity index (χ2v) is 5.27. The van der Waals surface area contributed by atoms with Gasteiger partial charge in [-0.05, 0) is 42.9 Å². The van der Waals surface area contributed by atoms with Crippen LogP contribution in [-0.4, -0.2) is 26.3 Å². The molecule has 2 heterocycles. The summed E-state index contributed by atoms with van der Waals surface area (Å²) in [6, 6.07) is 9.27. The lowest BCUT2D eigenvalue weighted by atomic mass is 9.89. The fourth-order valence-corrected chi connectivity index (χ4v) is 2.97. The van der Waals surface area contributed by atoms with E-state index in [0.29, 0.717) is 5.92 Å². The Hall–Kier alpha value is -0.860. The molecule has 1 aromatic carbocycles. The molecule has 2 saturated heterocycles. The van der Waals surface area contributed by atoms with E-state index < -0.39 is 0 Å². The van der Waals surface area contributed by atoms with Crippen molar-refractivity contribution in [3.8, 4) is 0 Å². The van der Waals surface area contributed by atoms with Gasteiger partial charge in [-0.1, -0.05) is 24.3 Å². The van der Waals surface area contributed by atoms with E-state index in [9.17, 15) is 0 Å². The molecule has 2 atom stereocenters. The Kier molecular flexibility index (Phi) is 3.44. The fourth-order valence-electron chi connectivity index (χ4n) is 2.97. The average Bonchev–Trinajstić information content (AvgIpc) is 2.94. The minimum Gasteiger partial charge on any atom is -0.381 e. The van der Waals surface area contributed by atoms with Crippen LogP contribution in [0.4, 0.5) is 0 Å². The molecule has 0 spiro atoms. The molecule has 1 N–H and O–H groups in total. The molecule has 3 rings (SSSR count). The van der Waals surface area contributed by atoms with Crippen molar-refractivity contribution >= 4 is 0 Å². The molecule has 2 fully saturated rings. The highest BCUT2D eigenvalue weighted by Crippen LogP contribution is 2.28. The standard InChI is InChI=1S/C15H21NO/c1-2-14(10-16-8-1)12-3-5-13(6-4-12)15-7-9-17-11-15/h3-6,14-16H,1-2,7-11H2. The summed E-state index contributed by atoms with van der Waals surface area (Å²) in [6.45, 7) is 4.17. The van der Waals surface area contributed by atoms with E-state index in [0.717, 1.165) is 25.7 Å². The molecule has 0 aromatic heterocycles. The Labute approximate surface area is 103 Å². The molecule has 0 saturated carbocycles. The topological polar surface area (TPSA) is 21.3 Å². The van der Waals surface area contributed by atoms with Gasteiger partial charge in [0.15, 0.2) is 0 Å². The lowest BCUT2D eigenvalue weighted by molar-refractivity contribution is 0.194. The molecule has 2 unspecified atom stereocenters. The molecule has 2 heteroatoms. The molecule has 0 bridgehead atoms. The first-order chi connectivity index (χ1) is 8.43. The van der Waals surface area contributed by atoms with Gasteiger partial charge >= 0.3 is 0 Å². The van der Waals surface area contributed by atoms with Crippen molar-refractivity contribution in [2.24, 2.45) is 0 Å². The van der Waals surface area contributed by atoms with Gasteiger partial charge in [0.25, 0.3) is 0 Å². The summed E-state index contributed by atoms with van der Waals surface area (Å²) in [4.78, 5) is 0. The van der Waals surface area contributed by atoms with Crippen LogP contribution in [0.15, 0.2) is 24.3 Å². The SMILES string of the molecule is c1cc(C2CCOC2)ccc1C1CCCNC1. The molecular formula is C15H21NO. The summed E-state index contributed by atoms with van der Waals surface area (Å²) >= 11 is 0. The minimum atomic E-state index is 0.633. The number of rotatable bonds is 2. The maximum atomic E-state index is 5.45. The van der Waals surface area contributed by atoms with Crippen molar-refractivity contribution in [3.63, 3.8) is 0 Å². The zero-order chi connectivity index (χ0) is 11.5. The summed E-state index contributed by atoms with van der Waals surface area (Å²) in [5.41, 5.74) is 2.95. The Morgan fingerprint density at radius 1 is 1.00 bits per heavy atom. The van der Waals surface area contributed by atoms with Gasteiger partial charge in [0.1, 0.15) is 0 Å². The van der Waals surface area contributed by atoms with Gasteiger partial charge in [0.2, 0.25) is 0 Å². The van der Waals surface area contributed by atoms with Crippen LogP contribution in [0, 0.1) is 0 Å². The number of hydrogen-bond donors (Lipinski definition) is 1. The molecule has 0 aliphatic carbocycles. The van der Waals surface area contributed by atoms with Crippen LogP contribution in [0.5, 0.6) is 0 Å². The van der Waals surface area contributed by atoms with Crippen LogP contribution in [0.2, 0.25) is 0 Å². The Morgan fingerprint density at radius 3 is 2.35 bits per heavy atom. The number of ether oxygens (including phenoxy) is 1. The third kappa shape index (κ3) is 2.53. The fraction of sp³-hybridized carbons (Fsp3) is 0.600. The van der Waals surface area contributed by atoms with Gasteiger partial charge < -0.3 is 10.1 Å². The lowest BCUT2D eigenvalue weighted by Crippen LogP contribution is -2.28. The van der Waals surface area contributed by atoms with Gasteiger partial charge in [0.05, 0.1) is 6.61 Å². The van der Waals surface area contributed by atoms with E-state index in [2.05, 4.69) is 29.6 Å². The highest BCUT2D eigenvalue weighted by molar-refractivity contribution is 5.28. The molecule has 17 heavy (non-hydrogen) atoms. The van der Waals surface area contributed by atoms with Crippen molar-refractivity contribution < 1.29 is 4.74 Å². The Balaban J connectivity index is 1.70. The third-order valence-corrected chi connectivity index (χ3v) is 4.11. The van der Waals surface area contributed by atoms with Crippen molar-refractivity contribution in [1.82, 2.24) is 5.32 Å². The molecule has 2 aliphatic heterocycles. The lowest BCUT2D eigenvalue weighted by Gasteiger charge is -2.23. The summed E-state index contributed by atoms with van der Waals surface area (Å²) < 4.78 is 5.45. The van der Waals surface area contributed by atoms with E-state index in [1.165, 1.54) is 36.9 Å². The van der Waals surface area contributed by atoms with Gasteiger partial charge in [-0.25, -0.2) is 0 Å². The Morgan fingerprint density at radius 2 is 1.76 bits per heavy atom. The van der Waals surface area contributed by atoms with Gasteiger partial charge in [0, 0.05) is 19.1 Å². The van der Waals surface area contributed by atoms with Crippen LogP contribution in [-0.2, 0) is 4.74 Å². The summed E-state index contributed by atoms with van der Waals surface area (Å²) in [7, 11) is 0. The molecular weight excluding hydrogens is 210 g/mol. The molecule has 2 aliphatic rings. The molecule has 0 radical (unpaired) electrons. The highest BCUT2D eigenvalue weighted by atomic mass is 16.5. The van der Waals surface area contributed by atoms with E-state index in [4.69, 9.17) is 4.74 Å². The zero-order valence-corrected chi connectivity index (χ0v) is 10.3. The minimum absolute atomic E-state index is 0.633. The summed E-state index contributed by atoms with van der Waals surface area (Å²) in [6.07, 6.45) is 3.83. The molecule has 0 amide bonds. The monoisotopic (exact) mass is 231 g/mol. The van der Waals surface area contributed by atoms with Gasteiger partial charge in [-0.3, -0.25) is 0 Å². The van der Waals surface area contributed by atoms with Gasteiger partial charge in [-0.2, -0.15) is 0 Å². The highest BCUT2D eigenvalue weighted by Gasteiger charge is 2.19. The van der Waals surface area contributed by atoms with Crippen LogP contribution in [0.3, 0.4) is 0 Å². The maximum Gasteiger partial charge on any atom is 0.0535 e. The maximum absolute atomic E-state index is 5.45. The van der Waals surface area contributed by atoms with Crippen molar-refractivity contribution in [2.45, 2.75) is 31.1 Å². The number of benzene rings is 1. The van der Waals surface area contributed by atoms with Crippen LogP contribution >= 0.6 is 0 Å². The van der Waals surface area contributed by atoms with E-state index >= 15 is 0 Å². The largest absolute Gasteiger partial charge is 0.381 e. The first-order valence-electron chi connectivity index (χ1n) is 6.82. The quantitative estimate of drug-likeness (QED) is 0.845. The number of nitrogens with one attached hydrogen (secondary N) is 1. The smallest absolute Gasteiger partial charge is 0.0535 e. The first-order valence-corrected chi connectivity index (χ1v) is 6.82. The second kappa shape index (κ2) is 5.19. The van der Waals surface area contributed by atoms with Crippen LogP contribution in [0.25, 0.3) is 0 Å². The Bertz CT molecular complexity index is 348.